The molecule has 0 radical (unpaired) electrons. The van der Waals surface area contributed by atoms with Gasteiger partial charge < -0.3 is 5.32 Å². The molecule has 7 nitrogen and oxygen atoms in total. The lowest BCUT2D eigenvalue weighted by molar-refractivity contribution is -0.116. The molecule has 2 N–H and O–H groups in total. The van der Waals surface area contributed by atoms with E-state index in [9.17, 15) is 13.2 Å². The van der Waals surface area contributed by atoms with E-state index in [1.165, 1.54) is 12.1 Å². The Labute approximate surface area is 179 Å². The van der Waals surface area contributed by atoms with Crippen LogP contribution in [0.2, 0.25) is 0 Å². The Morgan fingerprint density at radius 2 is 2.00 bits per heavy atom. The SMILES string of the molecule is O=C(CCCc1nc2ccccc2s1)Nc1cccc(S(=O)(=O)NC2=NCCC2)c1. The molecule has 3 aromatic rings. The zero-order chi connectivity index (χ0) is 21.0. The molecular weight excluding hydrogens is 420 g/mol. The van der Waals surface area contributed by atoms with Crippen LogP contribution in [0.1, 0.15) is 30.7 Å². The van der Waals surface area contributed by atoms with Crippen molar-refractivity contribution in [1.29, 1.82) is 0 Å². The summed E-state index contributed by atoms with van der Waals surface area (Å²) in [5.41, 5.74) is 1.44. The molecule has 0 aliphatic carbocycles. The number of aromatic nitrogens is 1. The molecule has 9 heteroatoms. The van der Waals surface area contributed by atoms with Crippen molar-refractivity contribution in [3.63, 3.8) is 0 Å². The molecule has 156 valence electrons. The van der Waals surface area contributed by atoms with E-state index >= 15 is 0 Å². The number of aliphatic imine (C=N–C) groups is 1. The van der Waals surface area contributed by atoms with Crippen LogP contribution in [0.4, 0.5) is 5.69 Å². The Balaban J connectivity index is 1.32. The Morgan fingerprint density at radius 3 is 2.80 bits per heavy atom. The number of para-hydroxylation sites is 1. The molecule has 0 saturated carbocycles. The lowest BCUT2D eigenvalue weighted by Gasteiger charge is -2.10. The molecule has 30 heavy (non-hydrogen) atoms. The fourth-order valence-corrected chi connectivity index (χ4v) is 5.37. The Hall–Kier alpha value is -2.78. The molecule has 2 aromatic carbocycles. The summed E-state index contributed by atoms with van der Waals surface area (Å²) in [4.78, 5) is 21.1. The highest BCUT2D eigenvalue weighted by Gasteiger charge is 2.18. The highest BCUT2D eigenvalue weighted by Crippen LogP contribution is 2.23. The third-order valence-electron chi connectivity index (χ3n) is 4.69. The number of carbonyl (C=O) groups is 1. The topological polar surface area (TPSA) is 101 Å². The van der Waals surface area contributed by atoms with E-state index in [4.69, 9.17) is 0 Å². The van der Waals surface area contributed by atoms with E-state index in [0.717, 1.165) is 28.1 Å². The molecular formula is C21H22N4O3S2. The molecule has 1 aromatic heterocycles. The molecule has 4 rings (SSSR count). The van der Waals surface area contributed by atoms with Gasteiger partial charge in [0.25, 0.3) is 10.0 Å². The fraction of sp³-hybridized carbons (Fsp3) is 0.286. The number of amides is 1. The van der Waals surface area contributed by atoms with Crippen molar-refractivity contribution in [3.8, 4) is 0 Å². The average Bonchev–Trinajstić information content (AvgIpc) is 3.37. The second kappa shape index (κ2) is 8.93. The van der Waals surface area contributed by atoms with Gasteiger partial charge in [-0.05, 0) is 49.6 Å². The quantitative estimate of drug-likeness (QED) is 0.582. The van der Waals surface area contributed by atoms with Crippen molar-refractivity contribution >= 4 is 49.0 Å². The fourth-order valence-electron chi connectivity index (χ4n) is 3.23. The second-order valence-corrected chi connectivity index (χ2v) is 9.84. The number of sulfonamides is 1. The normalized spacial score (nSPS) is 13.9. The van der Waals surface area contributed by atoms with Gasteiger partial charge in [0, 0.05) is 25.1 Å². The summed E-state index contributed by atoms with van der Waals surface area (Å²) in [6.07, 6.45) is 3.22. The summed E-state index contributed by atoms with van der Waals surface area (Å²) >= 11 is 1.64. The van der Waals surface area contributed by atoms with E-state index in [1.807, 2.05) is 24.3 Å². The Morgan fingerprint density at radius 1 is 1.13 bits per heavy atom. The monoisotopic (exact) mass is 442 g/mol. The number of anilines is 1. The zero-order valence-corrected chi connectivity index (χ0v) is 17.9. The molecule has 0 unspecified atom stereocenters. The number of carbonyl (C=O) groups excluding carboxylic acids is 1. The third kappa shape index (κ3) is 5.03. The van der Waals surface area contributed by atoms with E-state index < -0.39 is 10.0 Å². The summed E-state index contributed by atoms with van der Waals surface area (Å²) in [6.45, 7) is 0.644. The standard InChI is InChI=1S/C21H22N4O3S2/c26-20(11-4-12-21-24-17-8-1-2-9-18(17)29-21)23-15-6-3-7-16(14-15)30(27,28)25-19-10-5-13-22-19/h1-3,6-9,14H,4-5,10-13H2,(H,22,25)(H,23,26). The molecule has 1 aliphatic rings. The number of fused-ring (bicyclic) bond motifs is 1. The number of rotatable bonds is 7. The van der Waals surface area contributed by atoms with Crippen LogP contribution in [-0.2, 0) is 21.2 Å². The minimum Gasteiger partial charge on any atom is -0.326 e. The highest BCUT2D eigenvalue weighted by atomic mass is 32.2. The Bertz CT molecular complexity index is 1170. The number of aryl methyl sites for hydroxylation is 1. The Kier molecular flexibility index (Phi) is 6.10. The first-order valence-corrected chi connectivity index (χ1v) is 12.1. The molecule has 0 fully saturated rings. The lowest BCUT2D eigenvalue weighted by Crippen LogP contribution is -2.29. The first kappa shape index (κ1) is 20.5. The van der Waals surface area contributed by atoms with Crippen molar-refractivity contribution in [2.45, 2.75) is 37.0 Å². The molecule has 1 amide bonds. The van der Waals surface area contributed by atoms with Crippen molar-refractivity contribution in [3.05, 3.63) is 53.5 Å². The van der Waals surface area contributed by atoms with Crippen LogP contribution in [0.15, 0.2) is 58.4 Å². The maximum atomic E-state index is 12.5. The summed E-state index contributed by atoms with van der Waals surface area (Å²) < 4.78 is 28.7. The summed E-state index contributed by atoms with van der Waals surface area (Å²) in [6, 6.07) is 14.2. The van der Waals surface area contributed by atoms with E-state index in [1.54, 1.807) is 23.5 Å². The number of amidine groups is 1. The lowest BCUT2D eigenvalue weighted by atomic mass is 10.2. The van der Waals surface area contributed by atoms with E-state index in [0.29, 0.717) is 37.3 Å². The van der Waals surface area contributed by atoms with Crippen molar-refractivity contribution in [2.75, 3.05) is 11.9 Å². The number of nitrogens with zero attached hydrogens (tertiary/aromatic N) is 2. The van der Waals surface area contributed by atoms with E-state index in [-0.39, 0.29) is 10.8 Å². The average molecular weight is 443 g/mol. The van der Waals surface area contributed by atoms with Gasteiger partial charge in [-0.25, -0.2) is 13.4 Å². The molecule has 0 atom stereocenters. The molecule has 1 aliphatic heterocycles. The molecule has 0 saturated heterocycles. The first-order valence-electron chi connectivity index (χ1n) is 9.80. The minimum atomic E-state index is -3.71. The smallest absolute Gasteiger partial charge is 0.262 e. The number of thiazole rings is 1. The van der Waals surface area contributed by atoms with Gasteiger partial charge in [-0.3, -0.25) is 14.5 Å². The summed E-state index contributed by atoms with van der Waals surface area (Å²) in [5, 5.41) is 3.79. The molecule has 2 heterocycles. The van der Waals surface area contributed by atoms with Gasteiger partial charge in [-0.1, -0.05) is 18.2 Å². The van der Waals surface area contributed by atoms with Crippen LogP contribution >= 0.6 is 11.3 Å². The van der Waals surface area contributed by atoms with Crippen molar-refractivity contribution in [1.82, 2.24) is 9.71 Å². The second-order valence-electron chi connectivity index (χ2n) is 7.04. The highest BCUT2D eigenvalue weighted by molar-refractivity contribution is 7.90. The van der Waals surface area contributed by atoms with Gasteiger partial charge >= 0.3 is 0 Å². The minimum absolute atomic E-state index is 0.101. The first-order chi connectivity index (χ1) is 14.5. The van der Waals surface area contributed by atoms with Crippen LogP contribution in [0.3, 0.4) is 0 Å². The number of benzene rings is 2. The van der Waals surface area contributed by atoms with Gasteiger partial charge in [0.1, 0.15) is 5.84 Å². The van der Waals surface area contributed by atoms with E-state index in [2.05, 4.69) is 20.0 Å². The van der Waals surface area contributed by atoms with Gasteiger partial charge in [0.15, 0.2) is 0 Å². The molecule has 0 bridgehead atoms. The van der Waals surface area contributed by atoms with Crippen molar-refractivity contribution < 1.29 is 13.2 Å². The van der Waals surface area contributed by atoms with Crippen LogP contribution in [0.5, 0.6) is 0 Å². The van der Waals surface area contributed by atoms with Gasteiger partial charge in [-0.15, -0.1) is 11.3 Å². The number of nitrogens with one attached hydrogen (secondary N) is 2. The van der Waals surface area contributed by atoms with Crippen LogP contribution < -0.4 is 10.0 Å². The third-order valence-corrected chi connectivity index (χ3v) is 7.16. The van der Waals surface area contributed by atoms with Gasteiger partial charge in [0.05, 0.1) is 20.1 Å². The maximum absolute atomic E-state index is 12.5. The number of hydrogen-bond donors (Lipinski definition) is 2. The van der Waals surface area contributed by atoms with Crippen LogP contribution in [-0.4, -0.2) is 31.7 Å². The van der Waals surface area contributed by atoms with Gasteiger partial charge in [0.2, 0.25) is 5.91 Å². The van der Waals surface area contributed by atoms with Crippen LogP contribution in [0.25, 0.3) is 10.2 Å². The molecule has 0 spiro atoms. The summed E-state index contributed by atoms with van der Waals surface area (Å²) in [7, 11) is -3.71. The number of hydrogen-bond acceptors (Lipinski definition) is 6. The van der Waals surface area contributed by atoms with Crippen LogP contribution in [0, 0.1) is 0 Å². The van der Waals surface area contributed by atoms with Gasteiger partial charge in [-0.2, -0.15) is 0 Å². The largest absolute Gasteiger partial charge is 0.326 e. The zero-order valence-electron chi connectivity index (χ0n) is 16.3. The summed E-state index contributed by atoms with van der Waals surface area (Å²) in [5.74, 6) is 0.332. The predicted molar refractivity (Wildman–Crippen MR) is 119 cm³/mol. The maximum Gasteiger partial charge on any atom is 0.262 e. The van der Waals surface area contributed by atoms with Crippen molar-refractivity contribution in [2.24, 2.45) is 4.99 Å². The predicted octanol–water partition coefficient (Wildman–Crippen LogP) is 3.73.